The Morgan fingerprint density at radius 3 is 2.39 bits per heavy atom. The van der Waals surface area contributed by atoms with Gasteiger partial charge in [0.2, 0.25) is 0 Å². The number of esters is 1. The Morgan fingerprint density at radius 2 is 1.89 bits per heavy atom. The van der Waals surface area contributed by atoms with Crippen LogP contribution in [0.4, 0.5) is 5.69 Å². The van der Waals surface area contributed by atoms with Crippen LogP contribution in [0, 0.1) is 0 Å². The second-order valence-corrected chi connectivity index (χ2v) is 4.34. The van der Waals surface area contributed by atoms with Crippen molar-refractivity contribution >= 4 is 11.7 Å². The van der Waals surface area contributed by atoms with E-state index in [-0.39, 0.29) is 5.97 Å². The fourth-order valence-electron chi connectivity index (χ4n) is 1.88. The number of carbonyl (C=O) groups is 1. The normalized spacial score (nSPS) is 11.9. The lowest BCUT2D eigenvalue weighted by atomic mass is 10.1. The van der Waals surface area contributed by atoms with Crippen LogP contribution >= 0.6 is 0 Å². The first-order valence-electron chi connectivity index (χ1n) is 6.74. The van der Waals surface area contributed by atoms with Crippen LogP contribution in [0.2, 0.25) is 0 Å². The van der Waals surface area contributed by atoms with Crippen LogP contribution in [-0.4, -0.2) is 18.6 Å². The lowest BCUT2D eigenvalue weighted by Gasteiger charge is -2.17. The molecule has 0 saturated carbocycles. The summed E-state index contributed by atoms with van der Waals surface area (Å²) in [7, 11) is 0. The van der Waals surface area contributed by atoms with Gasteiger partial charge in [-0.25, -0.2) is 4.79 Å². The monoisotopic (exact) mass is 249 g/mol. The van der Waals surface area contributed by atoms with E-state index in [2.05, 4.69) is 19.2 Å². The molecule has 100 valence electrons. The molecule has 1 rings (SSSR count). The highest BCUT2D eigenvalue weighted by Crippen LogP contribution is 2.14. The maximum atomic E-state index is 11.5. The summed E-state index contributed by atoms with van der Waals surface area (Å²) in [5, 5.41) is 3.48. The molecule has 1 unspecified atom stereocenters. The average molecular weight is 249 g/mol. The van der Waals surface area contributed by atoms with E-state index in [1.54, 1.807) is 12.1 Å². The van der Waals surface area contributed by atoms with Gasteiger partial charge in [0.05, 0.1) is 12.2 Å². The summed E-state index contributed by atoms with van der Waals surface area (Å²) >= 11 is 0. The SMILES string of the molecule is CCCC(CC)Nc1ccc(C(=O)OCC)cc1. The number of hydrogen-bond acceptors (Lipinski definition) is 3. The Hall–Kier alpha value is -1.51. The van der Waals surface area contributed by atoms with E-state index in [1.807, 2.05) is 19.1 Å². The number of ether oxygens (including phenoxy) is 1. The molecule has 0 aliphatic heterocycles. The molecule has 18 heavy (non-hydrogen) atoms. The van der Waals surface area contributed by atoms with Crippen LogP contribution in [0.1, 0.15) is 50.4 Å². The van der Waals surface area contributed by atoms with Crippen molar-refractivity contribution in [2.75, 3.05) is 11.9 Å². The second kappa shape index (κ2) is 7.75. The quantitative estimate of drug-likeness (QED) is 0.746. The smallest absolute Gasteiger partial charge is 0.338 e. The van der Waals surface area contributed by atoms with Gasteiger partial charge in [0, 0.05) is 11.7 Å². The molecule has 3 heteroatoms. The van der Waals surface area contributed by atoms with Gasteiger partial charge in [0.15, 0.2) is 0 Å². The van der Waals surface area contributed by atoms with Gasteiger partial charge >= 0.3 is 5.97 Å². The van der Waals surface area contributed by atoms with Gasteiger partial charge in [-0.3, -0.25) is 0 Å². The van der Waals surface area contributed by atoms with Gasteiger partial charge in [-0.15, -0.1) is 0 Å². The first-order valence-corrected chi connectivity index (χ1v) is 6.74. The van der Waals surface area contributed by atoms with Crippen molar-refractivity contribution in [1.82, 2.24) is 0 Å². The lowest BCUT2D eigenvalue weighted by Crippen LogP contribution is -2.17. The summed E-state index contributed by atoms with van der Waals surface area (Å²) in [6.07, 6.45) is 3.44. The Morgan fingerprint density at radius 1 is 1.22 bits per heavy atom. The lowest BCUT2D eigenvalue weighted by molar-refractivity contribution is 0.0526. The van der Waals surface area contributed by atoms with Crippen LogP contribution < -0.4 is 5.32 Å². The van der Waals surface area contributed by atoms with E-state index >= 15 is 0 Å². The Labute approximate surface area is 110 Å². The Bertz CT molecular complexity index is 359. The predicted molar refractivity (Wildman–Crippen MR) is 75.0 cm³/mol. The van der Waals surface area contributed by atoms with E-state index in [1.165, 1.54) is 6.42 Å². The highest BCUT2D eigenvalue weighted by atomic mass is 16.5. The number of hydrogen-bond donors (Lipinski definition) is 1. The third kappa shape index (κ3) is 4.40. The summed E-state index contributed by atoms with van der Waals surface area (Å²) in [5.74, 6) is -0.260. The number of benzene rings is 1. The molecule has 0 bridgehead atoms. The molecule has 0 aromatic heterocycles. The number of nitrogens with one attached hydrogen (secondary N) is 1. The van der Waals surface area contributed by atoms with Gasteiger partial charge in [-0.1, -0.05) is 20.3 Å². The summed E-state index contributed by atoms with van der Waals surface area (Å²) < 4.78 is 4.95. The molecule has 0 aliphatic rings. The molecule has 1 N–H and O–H groups in total. The molecule has 0 amide bonds. The fourth-order valence-corrected chi connectivity index (χ4v) is 1.88. The molecule has 1 aromatic carbocycles. The predicted octanol–water partition coefficient (Wildman–Crippen LogP) is 3.85. The third-order valence-electron chi connectivity index (χ3n) is 2.90. The van der Waals surface area contributed by atoms with Crippen LogP contribution in [0.25, 0.3) is 0 Å². The van der Waals surface area contributed by atoms with Gasteiger partial charge in [0.25, 0.3) is 0 Å². The highest BCUT2D eigenvalue weighted by molar-refractivity contribution is 5.89. The molecule has 0 saturated heterocycles. The standard InChI is InChI=1S/C15H23NO2/c1-4-7-13(5-2)16-14-10-8-12(9-11-14)15(17)18-6-3/h8-11,13,16H,4-7H2,1-3H3. The van der Waals surface area contributed by atoms with E-state index in [4.69, 9.17) is 4.74 Å². The summed E-state index contributed by atoms with van der Waals surface area (Å²) in [6.45, 7) is 6.59. The van der Waals surface area contributed by atoms with Crippen molar-refractivity contribution in [3.8, 4) is 0 Å². The van der Waals surface area contributed by atoms with Crippen LogP contribution in [0.3, 0.4) is 0 Å². The number of carbonyl (C=O) groups excluding carboxylic acids is 1. The zero-order chi connectivity index (χ0) is 13.4. The molecule has 1 atom stereocenters. The molecule has 1 aromatic rings. The summed E-state index contributed by atoms with van der Waals surface area (Å²) in [6, 6.07) is 7.98. The average Bonchev–Trinajstić information content (AvgIpc) is 2.39. The molecule has 0 spiro atoms. The summed E-state index contributed by atoms with van der Waals surface area (Å²) in [5.41, 5.74) is 1.66. The van der Waals surface area contributed by atoms with Crippen molar-refractivity contribution in [3.63, 3.8) is 0 Å². The van der Waals surface area contributed by atoms with Gasteiger partial charge in [0.1, 0.15) is 0 Å². The summed E-state index contributed by atoms with van der Waals surface area (Å²) in [4.78, 5) is 11.5. The third-order valence-corrected chi connectivity index (χ3v) is 2.90. The molecule has 0 fully saturated rings. The minimum absolute atomic E-state index is 0.260. The number of anilines is 1. The second-order valence-electron chi connectivity index (χ2n) is 4.34. The van der Waals surface area contributed by atoms with E-state index in [0.717, 1.165) is 18.5 Å². The molecule has 0 heterocycles. The van der Waals surface area contributed by atoms with Crippen molar-refractivity contribution in [3.05, 3.63) is 29.8 Å². The highest BCUT2D eigenvalue weighted by Gasteiger charge is 2.07. The topological polar surface area (TPSA) is 38.3 Å². The van der Waals surface area contributed by atoms with Crippen molar-refractivity contribution in [1.29, 1.82) is 0 Å². The van der Waals surface area contributed by atoms with Gasteiger partial charge < -0.3 is 10.1 Å². The molecule has 3 nitrogen and oxygen atoms in total. The maximum absolute atomic E-state index is 11.5. The first kappa shape index (κ1) is 14.6. The zero-order valence-corrected chi connectivity index (χ0v) is 11.5. The van der Waals surface area contributed by atoms with Crippen molar-refractivity contribution in [2.24, 2.45) is 0 Å². The van der Waals surface area contributed by atoms with Crippen molar-refractivity contribution < 1.29 is 9.53 Å². The molecule has 0 radical (unpaired) electrons. The van der Waals surface area contributed by atoms with Gasteiger partial charge in [-0.2, -0.15) is 0 Å². The van der Waals surface area contributed by atoms with E-state index in [9.17, 15) is 4.79 Å². The molecular formula is C15H23NO2. The minimum atomic E-state index is -0.260. The zero-order valence-electron chi connectivity index (χ0n) is 11.5. The maximum Gasteiger partial charge on any atom is 0.338 e. The van der Waals surface area contributed by atoms with E-state index < -0.39 is 0 Å². The fraction of sp³-hybridized carbons (Fsp3) is 0.533. The first-order chi connectivity index (χ1) is 8.71. The molecular weight excluding hydrogens is 226 g/mol. The minimum Gasteiger partial charge on any atom is -0.462 e. The van der Waals surface area contributed by atoms with Crippen molar-refractivity contribution in [2.45, 2.75) is 46.1 Å². The van der Waals surface area contributed by atoms with Gasteiger partial charge in [-0.05, 0) is 44.0 Å². The largest absolute Gasteiger partial charge is 0.462 e. The Kier molecular flexibility index (Phi) is 6.26. The Balaban J connectivity index is 2.62. The number of rotatable bonds is 7. The van der Waals surface area contributed by atoms with E-state index in [0.29, 0.717) is 18.2 Å². The van der Waals surface area contributed by atoms with Crippen LogP contribution in [0.5, 0.6) is 0 Å². The van der Waals surface area contributed by atoms with Crippen LogP contribution in [0.15, 0.2) is 24.3 Å². The molecule has 0 aliphatic carbocycles. The van der Waals surface area contributed by atoms with Crippen LogP contribution in [-0.2, 0) is 4.74 Å².